The zero-order valence-corrected chi connectivity index (χ0v) is 19.7. The van der Waals surface area contributed by atoms with Crippen molar-refractivity contribution in [2.75, 3.05) is 10.6 Å². The summed E-state index contributed by atoms with van der Waals surface area (Å²) in [5, 5.41) is 17.8. The number of anilines is 3. The average Bonchev–Trinajstić information content (AvgIpc) is 3.28. The maximum Gasteiger partial charge on any atom is 0.227 e. The Kier molecular flexibility index (Phi) is 6.53. The third-order valence-electron chi connectivity index (χ3n) is 5.57. The Hall–Kier alpha value is -4.05. The van der Waals surface area contributed by atoms with Crippen molar-refractivity contribution >= 4 is 34.8 Å². The number of benzene rings is 2. The van der Waals surface area contributed by atoms with E-state index in [0.29, 0.717) is 29.7 Å². The molecule has 3 heterocycles. The number of aryl methyl sites for hydroxylation is 1. The number of halogens is 1. The summed E-state index contributed by atoms with van der Waals surface area (Å²) in [7, 11) is 0. The first-order valence-electron chi connectivity index (χ1n) is 11.2. The second-order valence-electron chi connectivity index (χ2n) is 8.30. The molecule has 1 aliphatic heterocycles. The number of nitrogens with zero attached hydrogens (tertiary/aromatic N) is 6. The van der Waals surface area contributed by atoms with E-state index in [1.807, 2.05) is 37.3 Å². The molecule has 1 unspecified atom stereocenters. The zero-order chi connectivity index (χ0) is 24.2. The summed E-state index contributed by atoms with van der Waals surface area (Å²) in [4.78, 5) is 20.8. The monoisotopic (exact) mass is 490 g/mol. The number of hydrogen-bond donors (Lipinski definition) is 2. The second kappa shape index (κ2) is 10.1. The van der Waals surface area contributed by atoms with Crippen molar-refractivity contribution in [2.24, 2.45) is 0 Å². The van der Waals surface area contributed by atoms with Gasteiger partial charge in [0.15, 0.2) is 0 Å². The van der Waals surface area contributed by atoms with E-state index >= 15 is 0 Å². The zero-order valence-electron chi connectivity index (χ0n) is 19.0. The predicted octanol–water partition coefficient (Wildman–Crippen LogP) is 4.27. The molecule has 1 amide bonds. The van der Waals surface area contributed by atoms with Crippen LogP contribution in [-0.4, -0.2) is 42.2 Å². The van der Waals surface area contributed by atoms with Crippen molar-refractivity contribution in [2.45, 2.75) is 38.8 Å². The van der Waals surface area contributed by atoms with Crippen LogP contribution in [0.3, 0.4) is 0 Å². The molecular weight excluding hydrogens is 468 g/mol. The molecule has 0 saturated carbocycles. The molecule has 1 aliphatic rings. The van der Waals surface area contributed by atoms with Gasteiger partial charge in [0.1, 0.15) is 18.2 Å². The van der Waals surface area contributed by atoms with E-state index in [4.69, 9.17) is 16.3 Å². The summed E-state index contributed by atoms with van der Waals surface area (Å²) in [6.07, 6.45) is 7.08. The Bertz CT molecular complexity index is 1330. The third-order valence-corrected chi connectivity index (χ3v) is 5.88. The molecule has 0 bridgehead atoms. The smallest absolute Gasteiger partial charge is 0.227 e. The molecule has 178 valence electrons. The fourth-order valence-electron chi connectivity index (χ4n) is 3.87. The van der Waals surface area contributed by atoms with Crippen molar-refractivity contribution in [3.05, 3.63) is 65.7 Å². The minimum atomic E-state index is -0.195. The second-order valence-corrected chi connectivity index (χ2v) is 8.71. The van der Waals surface area contributed by atoms with Gasteiger partial charge in [-0.25, -0.2) is 14.6 Å². The highest BCUT2D eigenvalue weighted by Gasteiger charge is 2.14. The van der Waals surface area contributed by atoms with E-state index in [-0.39, 0.29) is 12.0 Å². The molecule has 2 aromatic carbocycles. The molecule has 35 heavy (non-hydrogen) atoms. The van der Waals surface area contributed by atoms with E-state index in [2.05, 4.69) is 36.1 Å². The van der Waals surface area contributed by atoms with Gasteiger partial charge >= 0.3 is 0 Å². The quantitative estimate of drug-likeness (QED) is 0.394. The van der Waals surface area contributed by atoms with Gasteiger partial charge in [-0.05, 0) is 65.6 Å². The van der Waals surface area contributed by atoms with Gasteiger partial charge in [0.25, 0.3) is 0 Å². The maximum absolute atomic E-state index is 11.9. The normalized spacial score (nSPS) is 13.9. The highest BCUT2D eigenvalue weighted by molar-refractivity contribution is 6.32. The van der Waals surface area contributed by atoms with Crippen LogP contribution in [0.5, 0.6) is 5.75 Å². The molecule has 11 heteroatoms. The highest BCUT2D eigenvalue weighted by atomic mass is 35.5. The van der Waals surface area contributed by atoms with Crippen molar-refractivity contribution in [3.8, 4) is 16.9 Å². The number of fused-ring (bicyclic) bond motifs is 1. The largest absolute Gasteiger partial charge is 0.487 e. The molecular formula is C24H23ClN8O2. The summed E-state index contributed by atoms with van der Waals surface area (Å²) < 4.78 is 7.61. The van der Waals surface area contributed by atoms with Gasteiger partial charge in [-0.1, -0.05) is 23.7 Å². The van der Waals surface area contributed by atoms with Crippen molar-refractivity contribution in [1.82, 2.24) is 30.2 Å². The molecule has 0 spiro atoms. The number of rotatable bonds is 7. The van der Waals surface area contributed by atoms with Crippen LogP contribution in [0.4, 0.5) is 17.3 Å². The van der Waals surface area contributed by atoms with E-state index < -0.39 is 0 Å². The van der Waals surface area contributed by atoms with Crippen molar-refractivity contribution < 1.29 is 9.53 Å². The van der Waals surface area contributed by atoms with Crippen molar-refractivity contribution in [1.29, 1.82) is 0 Å². The molecule has 0 radical (unpaired) electrons. The lowest BCUT2D eigenvalue weighted by atomic mass is 10.1. The number of hydrogen-bond acceptors (Lipinski definition) is 8. The van der Waals surface area contributed by atoms with Gasteiger partial charge in [0, 0.05) is 35.8 Å². The van der Waals surface area contributed by atoms with E-state index in [1.165, 1.54) is 6.33 Å². The Balaban J connectivity index is 1.28. The highest BCUT2D eigenvalue weighted by Crippen LogP contribution is 2.32. The summed E-state index contributed by atoms with van der Waals surface area (Å²) >= 11 is 6.36. The minimum absolute atomic E-state index is 0.0395. The topological polar surface area (TPSA) is 120 Å². The number of amides is 1. The van der Waals surface area contributed by atoms with Crippen LogP contribution in [0.15, 0.2) is 55.1 Å². The number of aromatic nitrogens is 6. The summed E-state index contributed by atoms with van der Waals surface area (Å²) in [6, 6.07) is 11.4. The van der Waals surface area contributed by atoms with Crippen LogP contribution in [0.2, 0.25) is 5.02 Å². The lowest BCUT2D eigenvalue weighted by molar-refractivity contribution is -0.116. The van der Waals surface area contributed by atoms with E-state index in [9.17, 15) is 4.79 Å². The first-order valence-corrected chi connectivity index (χ1v) is 11.6. The van der Waals surface area contributed by atoms with Gasteiger partial charge in [-0.3, -0.25) is 4.79 Å². The molecule has 10 nitrogen and oxygen atoms in total. The summed E-state index contributed by atoms with van der Waals surface area (Å²) in [5.74, 6) is 1.05. The number of carbonyl (C=O) groups is 1. The Morgan fingerprint density at radius 2 is 2.00 bits per heavy atom. The van der Waals surface area contributed by atoms with E-state index in [1.54, 1.807) is 23.1 Å². The fourth-order valence-corrected chi connectivity index (χ4v) is 4.03. The third kappa shape index (κ3) is 5.55. The van der Waals surface area contributed by atoms with Gasteiger partial charge in [-0.2, -0.15) is 0 Å². The fraction of sp³-hybridized carbons (Fsp3) is 0.250. The van der Waals surface area contributed by atoms with Gasteiger partial charge < -0.3 is 15.4 Å². The molecule has 1 atom stereocenters. The van der Waals surface area contributed by atoms with Crippen LogP contribution < -0.4 is 15.4 Å². The lowest BCUT2D eigenvalue weighted by Gasteiger charge is -2.16. The molecule has 0 aliphatic carbocycles. The molecule has 0 saturated heterocycles. The molecule has 2 N–H and O–H groups in total. The number of nitrogens with one attached hydrogen (secondary N) is 2. The SMILES string of the molecule is CC(Cn1cnnn1)Oc1cc(-c2cnc(Nc3ccc4c(c3)NC(=O)CCC4)nc2)ccc1Cl. The van der Waals surface area contributed by atoms with Gasteiger partial charge in [0.2, 0.25) is 11.9 Å². The summed E-state index contributed by atoms with van der Waals surface area (Å²) in [6.45, 7) is 2.41. The maximum atomic E-state index is 11.9. The standard InChI is InChI=1S/C24H23ClN8O2/c1-15(13-33-14-28-31-32-33)35-22-9-17(6-8-20(22)25)18-11-26-24(27-12-18)29-19-7-5-16-3-2-4-23(34)30-21(16)10-19/h5-12,14-15H,2-4,13H2,1H3,(H,30,34)(H,26,27,29). The Morgan fingerprint density at radius 3 is 2.80 bits per heavy atom. The van der Waals surface area contributed by atoms with Gasteiger partial charge in [-0.15, -0.1) is 5.10 Å². The molecule has 2 aromatic heterocycles. The molecule has 0 fully saturated rings. The minimum Gasteiger partial charge on any atom is -0.487 e. The lowest BCUT2D eigenvalue weighted by Crippen LogP contribution is -2.20. The molecule has 4 aromatic rings. The number of ether oxygens (including phenoxy) is 1. The Morgan fingerprint density at radius 1 is 1.14 bits per heavy atom. The van der Waals surface area contributed by atoms with Crippen LogP contribution in [0.25, 0.3) is 11.1 Å². The van der Waals surface area contributed by atoms with Crippen LogP contribution in [-0.2, 0) is 17.8 Å². The van der Waals surface area contributed by atoms with Crippen LogP contribution in [0.1, 0.15) is 25.3 Å². The van der Waals surface area contributed by atoms with Gasteiger partial charge in [0.05, 0.1) is 11.6 Å². The first-order chi connectivity index (χ1) is 17.0. The van der Waals surface area contributed by atoms with Crippen LogP contribution in [0, 0.1) is 0 Å². The average molecular weight is 491 g/mol. The number of tetrazole rings is 1. The molecule has 5 rings (SSSR count). The summed E-state index contributed by atoms with van der Waals surface area (Å²) in [5.41, 5.74) is 4.46. The van der Waals surface area contributed by atoms with E-state index in [0.717, 1.165) is 40.9 Å². The van der Waals surface area contributed by atoms with Crippen LogP contribution >= 0.6 is 11.6 Å². The predicted molar refractivity (Wildman–Crippen MR) is 132 cm³/mol. The van der Waals surface area contributed by atoms with Crippen molar-refractivity contribution in [3.63, 3.8) is 0 Å². The first kappa shape index (κ1) is 22.7. The number of carbonyl (C=O) groups excluding carboxylic acids is 1. The Labute approximate surface area is 206 Å².